The molecule has 2 heterocycles. The topological polar surface area (TPSA) is 57.1 Å². The van der Waals surface area contributed by atoms with Crippen LogP contribution >= 0.6 is 0 Å². The number of carbonyl (C=O) groups is 2. The molecule has 2 saturated heterocycles. The molecule has 2 fully saturated rings. The minimum absolute atomic E-state index is 0.120. The summed E-state index contributed by atoms with van der Waals surface area (Å²) in [5, 5.41) is 3.05. The van der Waals surface area contributed by atoms with Crippen LogP contribution < -0.4 is 15.1 Å². The molecule has 2 aliphatic heterocycles. The standard InChI is InChI=1S/C24H30N4O2/c1-19(2)17-24(20-9-5-3-6-10-20)22(29)28(23(30)25-24)18-26-13-15-27(16-14-26)21-11-7-4-8-12-21/h3-12,19H,13-18H2,1-2H3,(H,25,30)/p+1/t24-/m0/s1. The first-order valence-corrected chi connectivity index (χ1v) is 10.8. The molecule has 30 heavy (non-hydrogen) atoms. The zero-order valence-corrected chi connectivity index (χ0v) is 17.8. The highest BCUT2D eigenvalue weighted by Gasteiger charge is 2.53. The van der Waals surface area contributed by atoms with Gasteiger partial charge in [-0.15, -0.1) is 0 Å². The van der Waals surface area contributed by atoms with E-state index < -0.39 is 5.54 Å². The van der Waals surface area contributed by atoms with Crippen LogP contribution in [0.25, 0.3) is 0 Å². The number of nitrogens with zero attached hydrogens (tertiary/aromatic N) is 2. The first-order valence-electron chi connectivity index (χ1n) is 10.8. The Balaban J connectivity index is 1.46. The van der Waals surface area contributed by atoms with Crippen molar-refractivity contribution in [3.63, 3.8) is 0 Å². The summed E-state index contributed by atoms with van der Waals surface area (Å²) in [6, 6.07) is 19.8. The largest absolute Gasteiger partial charge is 0.360 e. The summed E-state index contributed by atoms with van der Waals surface area (Å²) < 4.78 is 0. The van der Waals surface area contributed by atoms with Gasteiger partial charge in [0, 0.05) is 5.69 Å². The quantitative estimate of drug-likeness (QED) is 0.719. The van der Waals surface area contributed by atoms with E-state index in [4.69, 9.17) is 0 Å². The Bertz CT molecular complexity index is 879. The second kappa shape index (κ2) is 8.48. The minimum atomic E-state index is -0.961. The minimum Gasteiger partial charge on any atom is -0.360 e. The molecule has 2 aromatic rings. The molecule has 6 heteroatoms. The van der Waals surface area contributed by atoms with Gasteiger partial charge in [0.25, 0.3) is 5.91 Å². The van der Waals surface area contributed by atoms with Crippen LogP contribution in [-0.4, -0.2) is 49.7 Å². The van der Waals surface area contributed by atoms with E-state index in [0.717, 1.165) is 31.7 Å². The molecular weight excluding hydrogens is 376 g/mol. The predicted molar refractivity (Wildman–Crippen MR) is 117 cm³/mol. The Morgan fingerprint density at radius 3 is 2.17 bits per heavy atom. The SMILES string of the molecule is CC(C)C[C@@]1(c2ccccc2)NC(=O)N(C[NH+]2CCN(c3ccccc3)CC2)C1=O. The molecule has 0 aromatic heterocycles. The molecule has 2 aliphatic rings. The van der Waals surface area contributed by atoms with Crippen LogP contribution in [0.4, 0.5) is 10.5 Å². The van der Waals surface area contributed by atoms with Gasteiger partial charge in [-0.3, -0.25) is 4.79 Å². The zero-order chi connectivity index (χ0) is 21.1. The molecule has 4 rings (SSSR count). The average molecular weight is 408 g/mol. The van der Waals surface area contributed by atoms with Crippen molar-refractivity contribution >= 4 is 17.6 Å². The van der Waals surface area contributed by atoms with Gasteiger partial charge < -0.3 is 15.1 Å². The Morgan fingerprint density at radius 2 is 1.57 bits per heavy atom. The highest BCUT2D eigenvalue weighted by molar-refractivity contribution is 6.07. The Kier molecular flexibility index (Phi) is 5.77. The van der Waals surface area contributed by atoms with Gasteiger partial charge in [-0.25, -0.2) is 9.69 Å². The number of anilines is 1. The smallest absolute Gasteiger partial charge is 0.329 e. The van der Waals surface area contributed by atoms with Gasteiger partial charge in [0.05, 0.1) is 26.2 Å². The van der Waals surface area contributed by atoms with Crippen LogP contribution in [0.5, 0.6) is 0 Å². The fourth-order valence-electron chi connectivity index (χ4n) is 4.66. The lowest BCUT2D eigenvalue weighted by Gasteiger charge is -2.35. The monoisotopic (exact) mass is 407 g/mol. The summed E-state index contributed by atoms with van der Waals surface area (Å²) in [4.78, 5) is 31.5. The number of piperazine rings is 1. The molecule has 3 amide bonds. The summed E-state index contributed by atoms with van der Waals surface area (Å²) in [6.45, 7) is 8.21. The van der Waals surface area contributed by atoms with Gasteiger partial charge >= 0.3 is 6.03 Å². The zero-order valence-electron chi connectivity index (χ0n) is 17.8. The number of hydrogen-bond donors (Lipinski definition) is 2. The number of amides is 3. The number of quaternary nitrogens is 1. The second-order valence-corrected chi connectivity index (χ2v) is 8.76. The van der Waals surface area contributed by atoms with Crippen molar-refractivity contribution in [3.8, 4) is 0 Å². The van der Waals surface area contributed by atoms with E-state index in [-0.39, 0.29) is 17.9 Å². The number of urea groups is 1. The van der Waals surface area contributed by atoms with Gasteiger partial charge in [0.15, 0.2) is 6.67 Å². The van der Waals surface area contributed by atoms with Crippen molar-refractivity contribution in [2.75, 3.05) is 37.7 Å². The van der Waals surface area contributed by atoms with E-state index >= 15 is 0 Å². The summed E-state index contributed by atoms with van der Waals surface area (Å²) in [5.74, 6) is 0.154. The van der Waals surface area contributed by atoms with Crippen LogP contribution in [0.3, 0.4) is 0 Å². The Labute approximate surface area is 178 Å². The number of carbonyl (C=O) groups excluding carboxylic acids is 2. The maximum Gasteiger partial charge on any atom is 0.329 e. The summed E-state index contributed by atoms with van der Waals surface area (Å²) in [6.07, 6.45) is 0.592. The lowest BCUT2D eigenvalue weighted by molar-refractivity contribution is -0.907. The third kappa shape index (κ3) is 3.92. The molecule has 0 bridgehead atoms. The lowest BCUT2D eigenvalue weighted by atomic mass is 9.82. The van der Waals surface area contributed by atoms with Crippen molar-refractivity contribution in [3.05, 3.63) is 66.2 Å². The molecule has 0 unspecified atom stereocenters. The molecule has 2 N–H and O–H groups in total. The van der Waals surface area contributed by atoms with Crippen LogP contribution in [0.15, 0.2) is 60.7 Å². The number of benzene rings is 2. The van der Waals surface area contributed by atoms with E-state index in [1.165, 1.54) is 15.5 Å². The molecule has 0 radical (unpaired) electrons. The van der Waals surface area contributed by atoms with Gasteiger partial charge in [-0.1, -0.05) is 62.4 Å². The van der Waals surface area contributed by atoms with Crippen LogP contribution in [0.1, 0.15) is 25.8 Å². The second-order valence-electron chi connectivity index (χ2n) is 8.76. The Morgan fingerprint density at radius 1 is 0.967 bits per heavy atom. The van der Waals surface area contributed by atoms with Crippen LogP contribution in [0.2, 0.25) is 0 Å². The first-order chi connectivity index (χ1) is 14.5. The molecule has 1 atom stereocenters. The predicted octanol–water partition coefficient (Wildman–Crippen LogP) is 1.84. The maximum absolute atomic E-state index is 13.6. The first kappa shape index (κ1) is 20.4. The van der Waals surface area contributed by atoms with Crippen molar-refractivity contribution in [2.45, 2.75) is 25.8 Å². The summed E-state index contributed by atoms with van der Waals surface area (Å²) >= 11 is 0. The molecule has 6 nitrogen and oxygen atoms in total. The lowest BCUT2D eigenvalue weighted by Crippen LogP contribution is -3.16. The fourth-order valence-corrected chi connectivity index (χ4v) is 4.66. The highest BCUT2D eigenvalue weighted by atomic mass is 16.2. The molecule has 0 spiro atoms. The molecule has 0 aliphatic carbocycles. The Hall–Kier alpha value is -2.86. The number of nitrogens with one attached hydrogen (secondary N) is 2. The van der Waals surface area contributed by atoms with E-state index in [0.29, 0.717) is 13.1 Å². The molecular formula is C24H31N4O2+. The van der Waals surface area contributed by atoms with Crippen molar-refractivity contribution < 1.29 is 14.5 Å². The highest BCUT2D eigenvalue weighted by Crippen LogP contribution is 2.34. The number of para-hydroxylation sites is 1. The third-order valence-corrected chi connectivity index (χ3v) is 6.13. The van der Waals surface area contributed by atoms with Gasteiger partial charge in [-0.05, 0) is 30.0 Å². The fraction of sp³-hybridized carbons (Fsp3) is 0.417. The van der Waals surface area contributed by atoms with E-state index in [1.807, 2.05) is 36.4 Å². The third-order valence-electron chi connectivity index (χ3n) is 6.13. The van der Waals surface area contributed by atoms with Gasteiger partial charge in [-0.2, -0.15) is 0 Å². The van der Waals surface area contributed by atoms with E-state index in [1.54, 1.807) is 0 Å². The summed E-state index contributed by atoms with van der Waals surface area (Å²) in [7, 11) is 0. The van der Waals surface area contributed by atoms with Crippen LogP contribution in [-0.2, 0) is 10.3 Å². The van der Waals surface area contributed by atoms with Gasteiger partial charge in [0.2, 0.25) is 0 Å². The number of hydrogen-bond acceptors (Lipinski definition) is 3. The van der Waals surface area contributed by atoms with Crippen molar-refractivity contribution in [1.29, 1.82) is 0 Å². The van der Waals surface area contributed by atoms with Crippen molar-refractivity contribution in [1.82, 2.24) is 10.2 Å². The molecule has 0 saturated carbocycles. The average Bonchev–Trinajstić information content (AvgIpc) is 3.00. The number of rotatable bonds is 6. The number of imide groups is 1. The molecule has 2 aromatic carbocycles. The normalized spacial score (nSPS) is 22.6. The van der Waals surface area contributed by atoms with E-state index in [9.17, 15) is 9.59 Å². The molecule has 158 valence electrons. The maximum atomic E-state index is 13.6. The van der Waals surface area contributed by atoms with Gasteiger partial charge in [0.1, 0.15) is 5.54 Å². The van der Waals surface area contributed by atoms with E-state index in [2.05, 4.69) is 48.3 Å². The summed E-state index contributed by atoms with van der Waals surface area (Å²) in [5.41, 5.74) is 1.13. The van der Waals surface area contributed by atoms with Crippen LogP contribution in [0, 0.1) is 5.92 Å². The van der Waals surface area contributed by atoms with Crippen molar-refractivity contribution in [2.24, 2.45) is 5.92 Å².